The molecule has 0 N–H and O–H groups in total. The van der Waals surface area contributed by atoms with Crippen LogP contribution in [0.15, 0.2) is 16.9 Å². The molecule has 1 atom stereocenters. The number of cyclic esters (lactones) is 1. The summed E-state index contributed by atoms with van der Waals surface area (Å²) in [5, 5.41) is 3.16. The van der Waals surface area contributed by atoms with Crippen molar-refractivity contribution in [3.8, 4) is 0 Å². The van der Waals surface area contributed by atoms with Gasteiger partial charge in [-0.25, -0.2) is 4.79 Å². The molecular weight excluding hydrogens is 146 g/mol. The number of esters is 1. The lowest BCUT2D eigenvalue weighted by Gasteiger charge is -1.94. The van der Waals surface area contributed by atoms with Crippen LogP contribution in [0.25, 0.3) is 10.4 Å². The molecule has 0 saturated carbocycles. The fourth-order valence-electron chi connectivity index (χ4n) is 0.894. The smallest absolute Gasteiger partial charge is 0.334 e. The van der Waals surface area contributed by atoms with E-state index in [2.05, 4.69) is 10.0 Å². The Morgan fingerprint density at radius 3 is 3.09 bits per heavy atom. The molecule has 0 radical (unpaired) electrons. The lowest BCUT2D eigenvalue weighted by atomic mass is 10.2. The standard InChI is InChI=1S/C6H7N3O2/c1-4-2-5(3-8-9-7)6(10)11-4/h3-4H,2H2,1H3/b5-3-/t4-/m1/s1. The Bertz CT molecular complexity index is 253. The van der Waals surface area contributed by atoms with E-state index >= 15 is 0 Å². The Balaban J connectivity index is 2.74. The largest absolute Gasteiger partial charge is 0.459 e. The molecule has 0 amide bonds. The minimum absolute atomic E-state index is 0.0948. The molecule has 1 rings (SSSR count). The third-order valence-electron chi connectivity index (χ3n) is 1.34. The van der Waals surface area contributed by atoms with Gasteiger partial charge in [0, 0.05) is 23.1 Å². The molecule has 11 heavy (non-hydrogen) atoms. The summed E-state index contributed by atoms with van der Waals surface area (Å²) in [5.41, 5.74) is 8.38. The predicted molar refractivity (Wildman–Crippen MR) is 37.4 cm³/mol. The molecule has 0 aromatic heterocycles. The molecule has 1 saturated heterocycles. The molecule has 0 bridgehead atoms. The van der Waals surface area contributed by atoms with Gasteiger partial charge in [-0.2, -0.15) is 0 Å². The quantitative estimate of drug-likeness (QED) is 0.188. The molecule has 5 heteroatoms. The Morgan fingerprint density at radius 2 is 2.64 bits per heavy atom. The second kappa shape index (κ2) is 3.07. The summed E-state index contributed by atoms with van der Waals surface area (Å²) in [6.45, 7) is 1.79. The van der Waals surface area contributed by atoms with E-state index in [1.807, 2.05) is 0 Å². The van der Waals surface area contributed by atoms with Crippen LogP contribution in [-0.2, 0) is 9.53 Å². The topological polar surface area (TPSA) is 75.1 Å². The zero-order chi connectivity index (χ0) is 8.27. The van der Waals surface area contributed by atoms with Crippen molar-refractivity contribution in [3.05, 3.63) is 22.2 Å². The van der Waals surface area contributed by atoms with E-state index in [0.29, 0.717) is 12.0 Å². The van der Waals surface area contributed by atoms with Gasteiger partial charge in [0.1, 0.15) is 6.10 Å². The zero-order valence-corrected chi connectivity index (χ0v) is 6.02. The minimum atomic E-state index is -0.384. The summed E-state index contributed by atoms with van der Waals surface area (Å²) in [5.74, 6) is -0.384. The van der Waals surface area contributed by atoms with E-state index < -0.39 is 0 Å². The molecule has 58 valence electrons. The lowest BCUT2D eigenvalue weighted by molar-refractivity contribution is -0.138. The van der Waals surface area contributed by atoms with E-state index in [1.165, 1.54) is 6.20 Å². The maximum Gasteiger partial charge on any atom is 0.334 e. The number of rotatable bonds is 1. The number of azide groups is 1. The van der Waals surface area contributed by atoms with Crippen LogP contribution in [0.3, 0.4) is 0 Å². The second-order valence-electron chi connectivity index (χ2n) is 2.28. The Kier molecular flexibility index (Phi) is 2.13. The first kappa shape index (κ1) is 7.63. The lowest BCUT2D eigenvalue weighted by Crippen LogP contribution is -1.99. The molecule has 0 aliphatic carbocycles. The normalized spacial score (nSPS) is 26.5. The molecule has 0 aromatic rings. The summed E-state index contributed by atoms with van der Waals surface area (Å²) in [6, 6.07) is 0. The molecular formula is C6H7N3O2. The van der Waals surface area contributed by atoms with Gasteiger partial charge in [-0.3, -0.25) is 0 Å². The van der Waals surface area contributed by atoms with Gasteiger partial charge >= 0.3 is 5.97 Å². The van der Waals surface area contributed by atoms with Crippen molar-refractivity contribution in [2.24, 2.45) is 5.11 Å². The first-order chi connectivity index (χ1) is 5.24. The SMILES string of the molecule is C[C@@H]1C/C(=C/N=[N+]=[N-])C(=O)O1. The van der Waals surface area contributed by atoms with Gasteiger partial charge in [0.05, 0.1) is 0 Å². The third-order valence-corrected chi connectivity index (χ3v) is 1.34. The van der Waals surface area contributed by atoms with Crippen molar-refractivity contribution in [3.63, 3.8) is 0 Å². The van der Waals surface area contributed by atoms with Crippen LogP contribution in [0.2, 0.25) is 0 Å². The Labute approximate surface area is 63.3 Å². The van der Waals surface area contributed by atoms with Crippen LogP contribution in [0, 0.1) is 0 Å². The molecule has 1 heterocycles. The highest BCUT2D eigenvalue weighted by Gasteiger charge is 2.24. The number of nitrogens with zero attached hydrogens (tertiary/aromatic N) is 3. The van der Waals surface area contributed by atoms with Crippen LogP contribution in [0.5, 0.6) is 0 Å². The van der Waals surface area contributed by atoms with Crippen molar-refractivity contribution in [2.75, 3.05) is 0 Å². The summed E-state index contributed by atoms with van der Waals surface area (Å²) in [4.78, 5) is 13.3. The van der Waals surface area contributed by atoms with Crippen LogP contribution < -0.4 is 0 Å². The van der Waals surface area contributed by atoms with Crippen molar-refractivity contribution < 1.29 is 9.53 Å². The van der Waals surface area contributed by atoms with E-state index in [4.69, 9.17) is 10.3 Å². The van der Waals surface area contributed by atoms with Gasteiger partial charge in [0.25, 0.3) is 0 Å². The fraction of sp³-hybridized carbons (Fsp3) is 0.500. The molecule has 1 aliphatic heterocycles. The van der Waals surface area contributed by atoms with E-state index in [9.17, 15) is 4.79 Å². The number of hydrogen-bond acceptors (Lipinski definition) is 3. The first-order valence-electron chi connectivity index (χ1n) is 3.18. The van der Waals surface area contributed by atoms with Gasteiger partial charge in [-0.15, -0.1) is 0 Å². The van der Waals surface area contributed by atoms with E-state index in [0.717, 1.165) is 0 Å². The number of carbonyl (C=O) groups excluding carboxylic acids is 1. The van der Waals surface area contributed by atoms with Gasteiger partial charge < -0.3 is 4.74 Å². The second-order valence-corrected chi connectivity index (χ2v) is 2.28. The van der Waals surface area contributed by atoms with Crippen molar-refractivity contribution in [1.82, 2.24) is 0 Å². The van der Waals surface area contributed by atoms with Gasteiger partial charge in [-0.05, 0) is 12.5 Å². The fourth-order valence-corrected chi connectivity index (χ4v) is 0.894. The average molecular weight is 153 g/mol. The molecule has 1 aliphatic rings. The highest BCUT2D eigenvalue weighted by Crippen LogP contribution is 2.19. The van der Waals surface area contributed by atoms with E-state index in [-0.39, 0.29) is 12.1 Å². The summed E-state index contributed by atoms with van der Waals surface area (Å²) in [6.07, 6.45) is 1.63. The zero-order valence-electron chi connectivity index (χ0n) is 6.02. The molecule has 0 spiro atoms. The predicted octanol–water partition coefficient (Wildman–Crippen LogP) is 1.52. The molecule has 0 aromatic carbocycles. The maximum atomic E-state index is 10.8. The van der Waals surface area contributed by atoms with Crippen LogP contribution >= 0.6 is 0 Å². The first-order valence-corrected chi connectivity index (χ1v) is 3.18. The highest BCUT2D eigenvalue weighted by molar-refractivity contribution is 5.90. The number of hydrogen-bond donors (Lipinski definition) is 0. The van der Waals surface area contributed by atoms with Crippen LogP contribution in [-0.4, -0.2) is 12.1 Å². The van der Waals surface area contributed by atoms with Crippen molar-refractivity contribution in [2.45, 2.75) is 19.4 Å². The average Bonchev–Trinajstić information content (AvgIpc) is 2.26. The molecule has 5 nitrogen and oxygen atoms in total. The molecule has 1 fully saturated rings. The van der Waals surface area contributed by atoms with Crippen molar-refractivity contribution >= 4 is 5.97 Å². The van der Waals surface area contributed by atoms with Crippen LogP contribution in [0.4, 0.5) is 0 Å². The monoisotopic (exact) mass is 153 g/mol. The van der Waals surface area contributed by atoms with Gasteiger partial charge in [-0.1, -0.05) is 5.11 Å². The Hall–Kier alpha value is -1.48. The van der Waals surface area contributed by atoms with Gasteiger partial charge in [0.2, 0.25) is 0 Å². The third kappa shape index (κ3) is 1.72. The summed E-state index contributed by atoms with van der Waals surface area (Å²) in [7, 11) is 0. The van der Waals surface area contributed by atoms with Crippen molar-refractivity contribution in [1.29, 1.82) is 0 Å². The summed E-state index contributed by atoms with van der Waals surface area (Å²) < 4.78 is 4.78. The van der Waals surface area contributed by atoms with Crippen LogP contribution in [0.1, 0.15) is 13.3 Å². The highest BCUT2D eigenvalue weighted by atomic mass is 16.5. The van der Waals surface area contributed by atoms with E-state index in [1.54, 1.807) is 6.92 Å². The number of carbonyl (C=O) groups is 1. The van der Waals surface area contributed by atoms with Gasteiger partial charge in [0.15, 0.2) is 0 Å². The number of ether oxygens (including phenoxy) is 1. The summed E-state index contributed by atoms with van der Waals surface area (Å²) >= 11 is 0. The maximum absolute atomic E-state index is 10.8. The minimum Gasteiger partial charge on any atom is -0.459 e. The Morgan fingerprint density at radius 1 is 1.91 bits per heavy atom. The molecule has 0 unspecified atom stereocenters.